The van der Waals surface area contributed by atoms with Gasteiger partial charge in [-0.1, -0.05) is 0 Å². The highest BCUT2D eigenvalue weighted by molar-refractivity contribution is 6.29. The monoisotopic (exact) mass is 848 g/mol. The Morgan fingerprint density at radius 1 is 0.707 bits per heavy atom. The van der Waals surface area contributed by atoms with Crippen LogP contribution < -0.4 is 16.0 Å². The maximum atomic E-state index is 14.1. The highest BCUT2D eigenvalue weighted by Gasteiger charge is 2.17. The zero-order chi connectivity index (χ0) is 40.4. The van der Waals surface area contributed by atoms with Crippen LogP contribution in [0.4, 0.5) is 26.2 Å². The molecule has 0 aromatic carbocycles. The third-order valence-corrected chi connectivity index (χ3v) is 8.51. The van der Waals surface area contributed by atoms with E-state index in [0.29, 0.717) is 54.0 Å². The number of hydrogen-bond acceptors (Lipinski definition) is 15. The second kappa shape index (κ2) is 18.6. The molecule has 58 heavy (non-hydrogen) atoms. The van der Waals surface area contributed by atoms with Crippen LogP contribution in [0.15, 0.2) is 84.7 Å². The lowest BCUT2D eigenvalue weighted by atomic mass is 10.3. The maximum absolute atomic E-state index is 14.1. The van der Waals surface area contributed by atoms with E-state index in [-0.39, 0.29) is 45.6 Å². The van der Waals surface area contributed by atoms with E-state index in [1.807, 2.05) is 12.1 Å². The zero-order valence-electron chi connectivity index (χ0n) is 29.7. The molecular formula is C35H29Cl3F2N16O2. The van der Waals surface area contributed by atoms with Crippen molar-refractivity contribution < 1.29 is 18.3 Å². The highest BCUT2D eigenvalue weighted by Crippen LogP contribution is 2.28. The van der Waals surface area contributed by atoms with E-state index in [4.69, 9.17) is 44.3 Å². The van der Waals surface area contributed by atoms with E-state index < -0.39 is 11.6 Å². The minimum absolute atomic E-state index is 0.00161. The molecule has 9 aromatic heterocycles. The van der Waals surface area contributed by atoms with Crippen LogP contribution in [0.2, 0.25) is 15.9 Å². The molecule has 0 spiro atoms. The summed E-state index contributed by atoms with van der Waals surface area (Å²) in [5.74, 6) is 1.08. The molecule has 0 saturated heterocycles. The summed E-state index contributed by atoms with van der Waals surface area (Å²) in [4.78, 5) is 45.7. The SMILES string of the molecule is Clc1nc(NCc2ccncn2)c2cc[nH]c2n1.Fc1c[nH]c2nc(Cl)nc(NCc3ccncn3)c12.OCCn1cc(F)c2c(NCc3ccco3)nc(Cl)nc21. The van der Waals surface area contributed by atoms with E-state index >= 15 is 0 Å². The van der Waals surface area contributed by atoms with E-state index in [0.717, 1.165) is 16.8 Å². The van der Waals surface area contributed by atoms with Gasteiger partial charge in [0.2, 0.25) is 15.9 Å². The molecular weight excluding hydrogens is 821 g/mol. The first kappa shape index (κ1) is 39.6. The van der Waals surface area contributed by atoms with Crippen molar-refractivity contribution in [2.24, 2.45) is 0 Å². The van der Waals surface area contributed by atoms with Crippen LogP contribution in [0, 0.1) is 11.6 Å². The Bertz CT molecular complexity index is 2740. The highest BCUT2D eigenvalue weighted by atomic mass is 35.5. The quantitative estimate of drug-likeness (QED) is 0.0754. The van der Waals surface area contributed by atoms with E-state index in [1.165, 1.54) is 29.6 Å². The van der Waals surface area contributed by atoms with Crippen LogP contribution in [0.5, 0.6) is 0 Å². The molecule has 0 aliphatic heterocycles. The van der Waals surface area contributed by atoms with Crippen molar-refractivity contribution in [2.75, 3.05) is 22.6 Å². The molecule has 0 atom stereocenters. The predicted molar refractivity (Wildman–Crippen MR) is 212 cm³/mol. The summed E-state index contributed by atoms with van der Waals surface area (Å²) in [5.41, 5.74) is 3.03. The fourth-order valence-corrected chi connectivity index (χ4v) is 5.94. The van der Waals surface area contributed by atoms with Crippen LogP contribution in [0.25, 0.3) is 33.1 Å². The average molecular weight is 850 g/mol. The molecule has 0 amide bonds. The zero-order valence-corrected chi connectivity index (χ0v) is 32.0. The largest absolute Gasteiger partial charge is 0.467 e. The van der Waals surface area contributed by atoms with Crippen molar-refractivity contribution in [1.29, 1.82) is 0 Å². The minimum atomic E-state index is -0.475. The second-order valence-electron chi connectivity index (χ2n) is 11.8. The van der Waals surface area contributed by atoms with Gasteiger partial charge in [-0.15, -0.1) is 0 Å². The van der Waals surface area contributed by atoms with Gasteiger partial charge in [0, 0.05) is 37.5 Å². The molecule has 0 saturated carbocycles. The van der Waals surface area contributed by atoms with Crippen LogP contribution in [-0.2, 0) is 26.2 Å². The summed E-state index contributed by atoms with van der Waals surface area (Å²) in [6.07, 6.45) is 12.1. The van der Waals surface area contributed by atoms with Gasteiger partial charge in [-0.25, -0.2) is 33.7 Å². The van der Waals surface area contributed by atoms with Crippen molar-refractivity contribution in [3.63, 3.8) is 0 Å². The molecule has 23 heteroatoms. The molecule has 296 valence electrons. The topological polar surface area (TPSA) is 235 Å². The molecule has 0 fully saturated rings. The molecule has 0 radical (unpaired) electrons. The van der Waals surface area contributed by atoms with Gasteiger partial charge in [-0.2, -0.15) is 24.9 Å². The summed E-state index contributed by atoms with van der Waals surface area (Å²) in [5, 5.41) is 19.8. The first-order valence-corrected chi connectivity index (χ1v) is 18.2. The van der Waals surface area contributed by atoms with Crippen LogP contribution in [0.1, 0.15) is 17.1 Å². The fourth-order valence-electron chi connectivity index (χ4n) is 5.44. The summed E-state index contributed by atoms with van der Waals surface area (Å²) in [6.45, 7) is 1.39. The number of H-pyrrole nitrogens is 2. The van der Waals surface area contributed by atoms with Gasteiger partial charge in [0.15, 0.2) is 11.6 Å². The summed E-state index contributed by atoms with van der Waals surface area (Å²) in [6, 6.07) is 9.04. The number of furan rings is 1. The minimum Gasteiger partial charge on any atom is -0.467 e. The lowest BCUT2D eigenvalue weighted by Gasteiger charge is -2.07. The molecule has 9 rings (SSSR count). The Balaban J connectivity index is 0.000000133. The number of aliphatic hydroxyl groups is 1. The number of nitrogens with zero attached hydrogens (tertiary/aromatic N) is 11. The summed E-state index contributed by atoms with van der Waals surface area (Å²) < 4.78 is 34.4. The van der Waals surface area contributed by atoms with Gasteiger partial charge in [0.1, 0.15) is 52.8 Å². The number of aliphatic hydroxyl groups excluding tert-OH is 1. The first-order chi connectivity index (χ1) is 28.2. The van der Waals surface area contributed by atoms with Crippen LogP contribution in [0.3, 0.4) is 0 Å². The molecule has 0 aliphatic rings. The van der Waals surface area contributed by atoms with E-state index in [2.05, 4.69) is 75.8 Å². The smallest absolute Gasteiger partial charge is 0.226 e. The molecule has 9 heterocycles. The summed E-state index contributed by atoms with van der Waals surface area (Å²) >= 11 is 17.5. The molecule has 6 N–H and O–H groups in total. The van der Waals surface area contributed by atoms with Crippen molar-refractivity contribution in [3.05, 3.63) is 125 Å². The second-order valence-corrected chi connectivity index (χ2v) is 12.8. The number of nitrogens with one attached hydrogen (secondary N) is 5. The van der Waals surface area contributed by atoms with Crippen molar-refractivity contribution in [3.8, 4) is 0 Å². The van der Waals surface area contributed by atoms with Gasteiger partial charge in [-0.3, -0.25) is 0 Å². The number of aromatic amines is 2. The lowest BCUT2D eigenvalue weighted by Crippen LogP contribution is -2.05. The Hall–Kier alpha value is -6.61. The molecule has 18 nitrogen and oxygen atoms in total. The molecule has 0 bridgehead atoms. The maximum Gasteiger partial charge on any atom is 0.226 e. The van der Waals surface area contributed by atoms with Gasteiger partial charge in [0.05, 0.1) is 60.1 Å². The Labute approximate surface area is 340 Å². The Morgan fingerprint density at radius 2 is 1.34 bits per heavy atom. The summed E-state index contributed by atoms with van der Waals surface area (Å²) in [7, 11) is 0. The molecule has 9 aromatic rings. The Morgan fingerprint density at radius 3 is 2.00 bits per heavy atom. The number of aromatic nitrogens is 13. The fraction of sp³-hybridized carbons (Fsp3) is 0.143. The van der Waals surface area contributed by atoms with Crippen molar-refractivity contribution >= 4 is 85.4 Å². The van der Waals surface area contributed by atoms with Crippen LogP contribution in [-0.4, -0.2) is 76.1 Å². The number of anilines is 3. The molecule has 0 aliphatic carbocycles. The predicted octanol–water partition coefficient (Wildman–Crippen LogP) is 6.59. The average Bonchev–Trinajstić information content (AvgIpc) is 4.05. The molecule has 0 unspecified atom stereocenters. The Kier molecular flexibility index (Phi) is 12.7. The van der Waals surface area contributed by atoms with Gasteiger partial charge in [-0.05, 0) is 65.1 Å². The lowest BCUT2D eigenvalue weighted by molar-refractivity contribution is 0.277. The van der Waals surface area contributed by atoms with Crippen molar-refractivity contribution in [1.82, 2.24) is 64.4 Å². The van der Waals surface area contributed by atoms with Gasteiger partial charge >= 0.3 is 0 Å². The van der Waals surface area contributed by atoms with Gasteiger partial charge in [0.25, 0.3) is 0 Å². The third kappa shape index (κ3) is 9.66. The van der Waals surface area contributed by atoms with E-state index in [1.54, 1.807) is 43.1 Å². The third-order valence-electron chi connectivity index (χ3n) is 8.00. The number of halogens is 5. The number of rotatable bonds is 11. The van der Waals surface area contributed by atoms with E-state index in [9.17, 15) is 8.78 Å². The van der Waals surface area contributed by atoms with Crippen LogP contribution >= 0.6 is 34.8 Å². The first-order valence-electron chi connectivity index (χ1n) is 17.0. The normalized spacial score (nSPS) is 10.9. The van der Waals surface area contributed by atoms with Crippen molar-refractivity contribution in [2.45, 2.75) is 26.2 Å². The number of hydrogen-bond donors (Lipinski definition) is 6. The standard InChI is InChI=1S/C13H12ClFN4O2.C11H8ClFN6.C11H9ClN6/c14-13-17-11(16-6-8-2-1-5-21-8)10-9(15)7-19(3-4-20)12(10)18-13;12-11-18-9(8-7(13)4-16-10(8)19-11)15-3-6-1-2-14-5-17-6;12-11-17-9-8(2-4-14-9)10(18-11)15-5-7-1-3-13-6-16-7/h1-2,5,7,20H,3-4,6H2,(H,16,17,18);1-2,4-5H,3H2,(H2,15,16,18,19);1-4,6H,5H2,(H2,14,15,17,18). The number of fused-ring (bicyclic) bond motifs is 3. The van der Waals surface area contributed by atoms with Gasteiger partial charge < -0.3 is 40.0 Å².